The lowest BCUT2D eigenvalue weighted by Gasteiger charge is -2.41. The van der Waals surface area contributed by atoms with Crippen molar-refractivity contribution in [1.82, 2.24) is 20.0 Å². The highest BCUT2D eigenvalue weighted by Crippen LogP contribution is 2.17. The van der Waals surface area contributed by atoms with E-state index in [0.717, 1.165) is 38.4 Å². The highest BCUT2D eigenvalue weighted by molar-refractivity contribution is 5.74. The Balaban J connectivity index is 1.41. The molecule has 0 aromatic carbocycles. The molecule has 0 unspecified atom stereocenters. The molecule has 26 heavy (non-hydrogen) atoms. The minimum absolute atomic E-state index is 0.0204. The molecule has 3 rings (SSSR count). The molecular formula is C19H32N4O3. The number of likely N-dealkylation sites (tertiary alicyclic amines) is 1. The molecule has 146 valence electrons. The first-order valence-corrected chi connectivity index (χ1v) is 9.88. The van der Waals surface area contributed by atoms with Gasteiger partial charge < -0.3 is 24.6 Å². The van der Waals surface area contributed by atoms with Crippen molar-refractivity contribution in [1.29, 1.82) is 0 Å². The van der Waals surface area contributed by atoms with Gasteiger partial charge in [-0.15, -0.1) is 0 Å². The molecule has 7 heteroatoms. The summed E-state index contributed by atoms with van der Waals surface area (Å²) in [6, 6.07) is 4.04. The third kappa shape index (κ3) is 5.46. The number of aliphatic hydroxyl groups excluding tert-OH is 1. The fraction of sp³-hybridized carbons (Fsp3) is 0.737. The highest BCUT2D eigenvalue weighted by Gasteiger charge is 2.29. The molecule has 3 heterocycles. The lowest BCUT2D eigenvalue weighted by atomic mass is 10.1. The molecular weight excluding hydrogens is 332 g/mol. The molecule has 1 aromatic heterocycles. The van der Waals surface area contributed by atoms with Crippen LogP contribution in [-0.2, 0) is 6.54 Å². The van der Waals surface area contributed by atoms with Crippen LogP contribution in [0.15, 0.2) is 22.8 Å². The second kappa shape index (κ2) is 9.94. The summed E-state index contributed by atoms with van der Waals surface area (Å²) in [5, 5.41) is 12.5. The van der Waals surface area contributed by atoms with Crippen LogP contribution in [0.2, 0.25) is 0 Å². The number of carbonyl (C=O) groups is 1. The Morgan fingerprint density at radius 2 is 2.12 bits per heavy atom. The van der Waals surface area contributed by atoms with E-state index < -0.39 is 0 Å². The Hall–Kier alpha value is -1.57. The maximum absolute atomic E-state index is 12.5. The van der Waals surface area contributed by atoms with Gasteiger partial charge in [0.15, 0.2) is 0 Å². The number of hydrogen-bond donors (Lipinski definition) is 2. The number of nitrogens with zero attached hydrogens (tertiary/aromatic N) is 3. The van der Waals surface area contributed by atoms with E-state index in [-0.39, 0.29) is 18.7 Å². The number of amides is 2. The van der Waals surface area contributed by atoms with Gasteiger partial charge in [0.2, 0.25) is 0 Å². The fourth-order valence-electron chi connectivity index (χ4n) is 3.93. The van der Waals surface area contributed by atoms with E-state index in [1.54, 1.807) is 6.26 Å². The van der Waals surface area contributed by atoms with Gasteiger partial charge in [0.1, 0.15) is 5.76 Å². The minimum atomic E-state index is 0.0204. The Morgan fingerprint density at radius 3 is 2.85 bits per heavy atom. The average Bonchev–Trinajstić information content (AvgIpc) is 3.34. The number of piperazine rings is 1. The zero-order valence-corrected chi connectivity index (χ0v) is 15.6. The van der Waals surface area contributed by atoms with Crippen molar-refractivity contribution in [2.45, 2.75) is 38.3 Å². The minimum Gasteiger partial charge on any atom is -0.468 e. The van der Waals surface area contributed by atoms with E-state index in [2.05, 4.69) is 15.1 Å². The van der Waals surface area contributed by atoms with E-state index in [1.165, 1.54) is 25.9 Å². The van der Waals surface area contributed by atoms with E-state index in [0.29, 0.717) is 19.5 Å². The lowest BCUT2D eigenvalue weighted by Crippen LogP contribution is -2.56. The van der Waals surface area contributed by atoms with Crippen LogP contribution in [0.3, 0.4) is 0 Å². The Bertz CT molecular complexity index is 531. The molecule has 0 radical (unpaired) electrons. The Kier molecular flexibility index (Phi) is 7.34. The maximum Gasteiger partial charge on any atom is 0.317 e. The molecule has 2 aliphatic rings. The summed E-state index contributed by atoms with van der Waals surface area (Å²) in [6.45, 7) is 7.22. The molecule has 2 amide bonds. The van der Waals surface area contributed by atoms with E-state index in [9.17, 15) is 9.90 Å². The van der Waals surface area contributed by atoms with Crippen molar-refractivity contribution in [3.05, 3.63) is 24.2 Å². The van der Waals surface area contributed by atoms with Gasteiger partial charge in [0.05, 0.1) is 12.8 Å². The third-order valence-corrected chi connectivity index (χ3v) is 5.42. The molecule has 2 fully saturated rings. The van der Waals surface area contributed by atoms with E-state index >= 15 is 0 Å². The monoisotopic (exact) mass is 364 g/mol. The molecule has 7 nitrogen and oxygen atoms in total. The summed E-state index contributed by atoms with van der Waals surface area (Å²) in [5.74, 6) is 0.924. The predicted octanol–water partition coefficient (Wildman–Crippen LogP) is 1.34. The van der Waals surface area contributed by atoms with Crippen LogP contribution in [0, 0.1) is 0 Å². The first kappa shape index (κ1) is 19.2. The summed E-state index contributed by atoms with van der Waals surface area (Å²) in [4.78, 5) is 19.1. The van der Waals surface area contributed by atoms with Crippen molar-refractivity contribution >= 4 is 6.03 Å². The van der Waals surface area contributed by atoms with Crippen LogP contribution in [0.5, 0.6) is 0 Å². The third-order valence-electron chi connectivity index (χ3n) is 5.42. The van der Waals surface area contributed by atoms with Crippen LogP contribution >= 0.6 is 0 Å². The number of rotatable bonds is 8. The van der Waals surface area contributed by atoms with Gasteiger partial charge >= 0.3 is 6.03 Å². The summed E-state index contributed by atoms with van der Waals surface area (Å²) >= 11 is 0. The summed E-state index contributed by atoms with van der Waals surface area (Å²) < 4.78 is 5.44. The number of carbonyl (C=O) groups excluding carboxylic acids is 1. The predicted molar refractivity (Wildman–Crippen MR) is 99.9 cm³/mol. The van der Waals surface area contributed by atoms with Crippen LogP contribution in [0.4, 0.5) is 4.79 Å². The quantitative estimate of drug-likeness (QED) is 0.681. The topological polar surface area (TPSA) is 72.2 Å². The van der Waals surface area contributed by atoms with Gasteiger partial charge in [-0.3, -0.25) is 4.90 Å². The zero-order valence-electron chi connectivity index (χ0n) is 15.6. The Morgan fingerprint density at radius 1 is 1.27 bits per heavy atom. The van der Waals surface area contributed by atoms with Crippen LogP contribution < -0.4 is 5.32 Å². The fourth-order valence-corrected chi connectivity index (χ4v) is 3.93. The van der Waals surface area contributed by atoms with E-state index in [4.69, 9.17) is 4.42 Å². The summed E-state index contributed by atoms with van der Waals surface area (Å²) in [7, 11) is 0. The second-order valence-corrected chi connectivity index (χ2v) is 7.30. The number of furan rings is 1. The molecule has 2 aliphatic heterocycles. The standard InChI is InChI=1S/C19H32N4O3/c24-13-6-17-15-23(12-11-22(17)16-18-5-3-14-26-18)19(25)20-7-4-10-21-8-1-2-9-21/h3,5,14,17,24H,1-2,4,6-13,15-16H2,(H,20,25)/t17-/m1/s1. The molecule has 2 saturated heterocycles. The summed E-state index contributed by atoms with van der Waals surface area (Å²) in [6.07, 6.45) is 5.97. The highest BCUT2D eigenvalue weighted by atomic mass is 16.3. The smallest absolute Gasteiger partial charge is 0.317 e. The molecule has 0 saturated carbocycles. The molecule has 1 aromatic rings. The largest absolute Gasteiger partial charge is 0.468 e. The number of urea groups is 1. The molecule has 2 N–H and O–H groups in total. The number of aliphatic hydroxyl groups is 1. The molecule has 0 aliphatic carbocycles. The molecule has 0 spiro atoms. The SMILES string of the molecule is O=C(NCCCN1CCCC1)N1CCN(Cc2ccco2)[C@H](CCO)C1. The first-order valence-electron chi connectivity index (χ1n) is 9.88. The van der Waals surface area contributed by atoms with Crippen molar-refractivity contribution in [3.63, 3.8) is 0 Å². The normalized spacial score (nSPS) is 22.0. The van der Waals surface area contributed by atoms with Gasteiger partial charge in [0, 0.05) is 38.8 Å². The molecule has 0 bridgehead atoms. The van der Waals surface area contributed by atoms with Crippen molar-refractivity contribution in [2.24, 2.45) is 0 Å². The Labute approximate surface area is 155 Å². The van der Waals surface area contributed by atoms with Gasteiger partial charge in [-0.25, -0.2) is 4.79 Å². The van der Waals surface area contributed by atoms with Crippen LogP contribution in [0.1, 0.15) is 31.4 Å². The van der Waals surface area contributed by atoms with Gasteiger partial charge in [-0.2, -0.15) is 0 Å². The van der Waals surface area contributed by atoms with Gasteiger partial charge in [-0.05, 0) is 57.5 Å². The average molecular weight is 364 g/mol. The summed E-state index contributed by atoms with van der Waals surface area (Å²) in [5.41, 5.74) is 0. The van der Waals surface area contributed by atoms with Gasteiger partial charge in [0.25, 0.3) is 0 Å². The van der Waals surface area contributed by atoms with Crippen LogP contribution in [0.25, 0.3) is 0 Å². The maximum atomic E-state index is 12.5. The van der Waals surface area contributed by atoms with Gasteiger partial charge in [-0.1, -0.05) is 0 Å². The molecule has 1 atom stereocenters. The zero-order chi connectivity index (χ0) is 18.2. The number of nitrogens with one attached hydrogen (secondary N) is 1. The van der Waals surface area contributed by atoms with E-state index in [1.807, 2.05) is 17.0 Å². The van der Waals surface area contributed by atoms with Crippen molar-refractivity contribution in [2.75, 3.05) is 52.4 Å². The van der Waals surface area contributed by atoms with Crippen LogP contribution in [-0.4, -0.2) is 84.3 Å². The first-order chi connectivity index (χ1) is 12.8. The lowest BCUT2D eigenvalue weighted by molar-refractivity contribution is 0.0636. The second-order valence-electron chi connectivity index (χ2n) is 7.30. The van der Waals surface area contributed by atoms with Crippen molar-refractivity contribution < 1.29 is 14.3 Å². The number of hydrogen-bond acceptors (Lipinski definition) is 5. The van der Waals surface area contributed by atoms with Crippen molar-refractivity contribution in [3.8, 4) is 0 Å².